The Labute approximate surface area is 115 Å². The van der Waals surface area contributed by atoms with E-state index in [9.17, 15) is 0 Å². The van der Waals surface area contributed by atoms with Gasteiger partial charge in [-0.1, -0.05) is 18.2 Å². The lowest BCUT2D eigenvalue weighted by Gasteiger charge is -2.16. The Morgan fingerprint density at radius 1 is 1.33 bits per heavy atom. The zero-order valence-electron chi connectivity index (χ0n) is 10.3. The molecule has 0 amide bonds. The third-order valence-electron chi connectivity index (χ3n) is 2.47. The summed E-state index contributed by atoms with van der Waals surface area (Å²) in [6, 6.07) is 9.85. The van der Waals surface area contributed by atoms with Crippen LogP contribution in [0.3, 0.4) is 0 Å². The van der Waals surface area contributed by atoms with Crippen molar-refractivity contribution in [1.82, 2.24) is 14.7 Å². The van der Waals surface area contributed by atoms with Gasteiger partial charge in [0.15, 0.2) is 0 Å². The average molecular weight is 310 g/mol. The molecule has 0 N–H and O–H groups in total. The summed E-state index contributed by atoms with van der Waals surface area (Å²) in [6.07, 6.45) is 3.74. The van der Waals surface area contributed by atoms with Crippen LogP contribution in [0.1, 0.15) is 0 Å². The molecule has 0 radical (unpaired) electrons. The number of nitrogens with zero attached hydrogens (tertiary/aromatic N) is 3. The van der Waals surface area contributed by atoms with Crippen molar-refractivity contribution in [2.24, 2.45) is 0 Å². The van der Waals surface area contributed by atoms with Gasteiger partial charge in [0.25, 0.3) is 0 Å². The van der Waals surface area contributed by atoms with E-state index in [0.29, 0.717) is 6.61 Å². The molecule has 0 spiro atoms. The Hall–Kier alpha value is -1.33. The number of rotatable bonds is 6. The van der Waals surface area contributed by atoms with Gasteiger partial charge in [-0.05, 0) is 35.1 Å². The van der Waals surface area contributed by atoms with E-state index in [1.54, 1.807) is 6.20 Å². The topological polar surface area (TPSA) is 30.3 Å². The maximum atomic E-state index is 5.64. The minimum absolute atomic E-state index is 0.670. The highest BCUT2D eigenvalue weighted by atomic mass is 79.9. The van der Waals surface area contributed by atoms with Crippen LogP contribution in [0.2, 0.25) is 0 Å². The van der Waals surface area contributed by atoms with Crippen molar-refractivity contribution < 1.29 is 4.74 Å². The van der Waals surface area contributed by atoms with Crippen molar-refractivity contribution in [2.75, 3.05) is 20.2 Å². The van der Waals surface area contributed by atoms with Crippen LogP contribution in [0.15, 0.2) is 47.2 Å². The number of benzene rings is 1. The molecule has 0 aliphatic carbocycles. The van der Waals surface area contributed by atoms with Crippen molar-refractivity contribution >= 4 is 15.9 Å². The lowest BCUT2D eigenvalue weighted by Crippen LogP contribution is -2.27. The fourth-order valence-electron chi connectivity index (χ4n) is 1.57. The molecule has 5 heteroatoms. The second kappa shape index (κ2) is 6.56. The van der Waals surface area contributed by atoms with Crippen LogP contribution in [-0.2, 0) is 6.67 Å². The maximum Gasteiger partial charge on any atom is 0.119 e. The van der Waals surface area contributed by atoms with Gasteiger partial charge < -0.3 is 4.74 Å². The largest absolute Gasteiger partial charge is 0.492 e. The molecule has 1 aromatic carbocycles. The first kappa shape index (κ1) is 13.1. The van der Waals surface area contributed by atoms with E-state index in [1.165, 1.54) is 0 Å². The Kier molecular flexibility index (Phi) is 4.78. The van der Waals surface area contributed by atoms with Gasteiger partial charge in [-0.25, -0.2) is 0 Å². The molecule has 0 aliphatic rings. The fourth-order valence-corrected chi connectivity index (χ4v) is 1.90. The second-order valence-corrected chi connectivity index (χ2v) is 5.00. The van der Waals surface area contributed by atoms with Crippen LogP contribution in [-0.4, -0.2) is 34.9 Å². The predicted molar refractivity (Wildman–Crippen MR) is 74.5 cm³/mol. The van der Waals surface area contributed by atoms with E-state index in [-0.39, 0.29) is 0 Å². The highest BCUT2D eigenvalue weighted by molar-refractivity contribution is 9.10. The molecule has 0 unspecified atom stereocenters. The van der Waals surface area contributed by atoms with Gasteiger partial charge in [0, 0.05) is 12.7 Å². The number of para-hydroxylation sites is 1. The third kappa shape index (κ3) is 4.16. The summed E-state index contributed by atoms with van der Waals surface area (Å²) in [6.45, 7) is 2.28. The van der Waals surface area contributed by atoms with Gasteiger partial charge in [0.2, 0.25) is 0 Å². The van der Waals surface area contributed by atoms with E-state index >= 15 is 0 Å². The summed E-state index contributed by atoms with van der Waals surface area (Å²) in [7, 11) is 2.05. The monoisotopic (exact) mass is 309 g/mol. The molecule has 96 valence electrons. The minimum Gasteiger partial charge on any atom is -0.492 e. The van der Waals surface area contributed by atoms with E-state index in [1.807, 2.05) is 48.3 Å². The summed E-state index contributed by atoms with van der Waals surface area (Å²) in [5, 5.41) is 4.21. The molecule has 0 fully saturated rings. The summed E-state index contributed by atoms with van der Waals surface area (Å²) in [4.78, 5) is 2.16. The number of likely N-dealkylation sites (N-methyl/N-ethyl adjacent to an activating group) is 1. The van der Waals surface area contributed by atoms with Crippen LogP contribution in [0.5, 0.6) is 5.75 Å². The predicted octanol–water partition coefficient (Wildman–Crippen LogP) is 2.61. The van der Waals surface area contributed by atoms with Gasteiger partial charge in [0.1, 0.15) is 12.4 Å². The second-order valence-electron chi connectivity index (χ2n) is 4.08. The number of aromatic nitrogens is 2. The lowest BCUT2D eigenvalue weighted by molar-refractivity contribution is 0.199. The van der Waals surface area contributed by atoms with Crippen molar-refractivity contribution in [2.45, 2.75) is 6.67 Å². The smallest absolute Gasteiger partial charge is 0.119 e. The Morgan fingerprint density at radius 3 is 2.78 bits per heavy atom. The van der Waals surface area contributed by atoms with Gasteiger partial charge in [-0.3, -0.25) is 9.58 Å². The van der Waals surface area contributed by atoms with Crippen LogP contribution in [0.4, 0.5) is 0 Å². The molecular weight excluding hydrogens is 294 g/mol. The van der Waals surface area contributed by atoms with Crippen LogP contribution >= 0.6 is 15.9 Å². The molecule has 0 aliphatic heterocycles. The van der Waals surface area contributed by atoms with Gasteiger partial charge in [-0.2, -0.15) is 5.10 Å². The zero-order chi connectivity index (χ0) is 12.8. The SMILES string of the molecule is CN(CCOc1ccccc1)Cn1cc(Br)cn1. The first-order chi connectivity index (χ1) is 8.74. The number of hydrogen-bond acceptors (Lipinski definition) is 3. The molecule has 0 atom stereocenters. The summed E-state index contributed by atoms with van der Waals surface area (Å²) in [5.41, 5.74) is 0. The lowest BCUT2D eigenvalue weighted by atomic mass is 10.3. The molecule has 2 aromatic rings. The molecule has 2 rings (SSSR count). The van der Waals surface area contributed by atoms with Crippen molar-refractivity contribution in [1.29, 1.82) is 0 Å². The highest BCUT2D eigenvalue weighted by Crippen LogP contribution is 2.08. The Bertz CT molecular complexity index is 472. The maximum absolute atomic E-state index is 5.64. The van der Waals surface area contributed by atoms with E-state index in [4.69, 9.17) is 4.74 Å². The number of hydrogen-bond donors (Lipinski definition) is 0. The van der Waals surface area contributed by atoms with Crippen LogP contribution in [0.25, 0.3) is 0 Å². The fraction of sp³-hybridized carbons (Fsp3) is 0.308. The normalized spacial score (nSPS) is 10.8. The average Bonchev–Trinajstić information content (AvgIpc) is 2.76. The first-order valence-corrected chi connectivity index (χ1v) is 6.58. The molecule has 1 heterocycles. The molecule has 18 heavy (non-hydrogen) atoms. The number of halogens is 1. The zero-order valence-corrected chi connectivity index (χ0v) is 11.9. The van der Waals surface area contributed by atoms with Gasteiger partial charge >= 0.3 is 0 Å². The number of ether oxygens (including phenoxy) is 1. The van der Waals surface area contributed by atoms with Crippen LogP contribution in [0, 0.1) is 0 Å². The van der Waals surface area contributed by atoms with Crippen molar-refractivity contribution in [3.05, 3.63) is 47.2 Å². The standard InChI is InChI=1S/C13H16BrN3O/c1-16(11-17-10-12(14)9-15-17)7-8-18-13-5-3-2-4-6-13/h2-6,9-10H,7-8,11H2,1H3. The van der Waals surface area contributed by atoms with Crippen LogP contribution < -0.4 is 4.74 Å². The summed E-state index contributed by atoms with van der Waals surface area (Å²) < 4.78 is 8.52. The molecule has 0 saturated carbocycles. The summed E-state index contributed by atoms with van der Waals surface area (Å²) in [5.74, 6) is 0.910. The van der Waals surface area contributed by atoms with Gasteiger partial charge in [-0.15, -0.1) is 0 Å². The molecule has 1 aromatic heterocycles. The quantitative estimate of drug-likeness (QED) is 0.821. The van der Waals surface area contributed by atoms with E-state index in [0.717, 1.165) is 23.4 Å². The van der Waals surface area contributed by atoms with E-state index in [2.05, 4.69) is 25.9 Å². The molecule has 4 nitrogen and oxygen atoms in total. The highest BCUT2D eigenvalue weighted by Gasteiger charge is 2.01. The minimum atomic E-state index is 0.670. The molecule has 0 saturated heterocycles. The molecular formula is C13H16BrN3O. The Morgan fingerprint density at radius 2 is 2.11 bits per heavy atom. The Balaban J connectivity index is 1.70. The van der Waals surface area contributed by atoms with Crippen molar-refractivity contribution in [3.63, 3.8) is 0 Å². The summed E-state index contributed by atoms with van der Waals surface area (Å²) >= 11 is 3.38. The molecule has 0 bridgehead atoms. The third-order valence-corrected chi connectivity index (χ3v) is 2.88. The van der Waals surface area contributed by atoms with Crippen molar-refractivity contribution in [3.8, 4) is 5.75 Å². The first-order valence-electron chi connectivity index (χ1n) is 5.78. The van der Waals surface area contributed by atoms with E-state index < -0.39 is 0 Å². The van der Waals surface area contributed by atoms with Gasteiger partial charge in [0.05, 0.1) is 17.3 Å².